The number of nitrogens with zero attached hydrogens (tertiary/aromatic N) is 1. The van der Waals surface area contributed by atoms with Gasteiger partial charge < -0.3 is 19.3 Å². The molecule has 310 valence electrons. The number of amides is 2. The molecule has 1 heterocycles. The number of phenolic OH excluding ortho intramolecular Hbond substituents is 1. The quantitative estimate of drug-likeness (QED) is 0.0698. The van der Waals surface area contributed by atoms with Gasteiger partial charge in [0.1, 0.15) is 11.5 Å². The summed E-state index contributed by atoms with van der Waals surface area (Å²) in [5.41, 5.74) is 1.98. The highest BCUT2D eigenvalue weighted by Crippen LogP contribution is 2.43. The van der Waals surface area contributed by atoms with E-state index >= 15 is 0 Å². The molecule has 3 aromatic carbocycles. The van der Waals surface area contributed by atoms with Crippen molar-refractivity contribution >= 4 is 52.4 Å². The monoisotopic (exact) mass is 797 g/mol. The Kier molecular flexibility index (Phi) is 25.6. The Balaban J connectivity index is 0. The van der Waals surface area contributed by atoms with Crippen molar-refractivity contribution in [2.45, 2.75) is 89.0 Å². The molecular formula is C45H64ClNO9. The second kappa shape index (κ2) is 26.9. The van der Waals surface area contributed by atoms with E-state index in [-0.39, 0.29) is 59.1 Å². The van der Waals surface area contributed by atoms with Crippen LogP contribution < -0.4 is 9.64 Å². The van der Waals surface area contributed by atoms with Crippen molar-refractivity contribution in [3.8, 4) is 11.5 Å². The van der Waals surface area contributed by atoms with Crippen molar-refractivity contribution in [3.05, 3.63) is 95.6 Å². The standard InChI is InChI=1S/C20H27NO3.C19H15ClO5.C2H6O.4CH4/c1-3-17(14-7-5-4-6-8-14)18-13(2)19(23)21(20(18)24)15-9-11-16(22)12-10-15;1-2-24-17(21)12-5-13-3-6-15(7-4-13)19(23)25-16-10-8-14(9-11-16)18(20)22;1-3-2;;;;/h9-14,17-18,22H,3-8H2,1-2H3;3-12H,2H2,1H3;1-2H3;4*1H4/b;12-5+;;;;;. The molecule has 0 aromatic heterocycles. The Hall–Kier alpha value is -4.80. The molecule has 0 bridgehead atoms. The number of halogens is 1. The summed E-state index contributed by atoms with van der Waals surface area (Å²) in [5.74, 6) is -0.311. The maximum Gasteiger partial charge on any atom is 0.343 e. The zero-order valence-corrected chi connectivity index (χ0v) is 31.1. The third-order valence-corrected chi connectivity index (χ3v) is 9.30. The van der Waals surface area contributed by atoms with Gasteiger partial charge in [0, 0.05) is 31.8 Å². The van der Waals surface area contributed by atoms with Gasteiger partial charge in [0.15, 0.2) is 0 Å². The lowest BCUT2D eigenvalue weighted by Crippen LogP contribution is -2.34. The number of aromatic hydroxyl groups is 1. The number of carbonyl (C=O) groups excluding carboxylic acids is 5. The first-order chi connectivity index (χ1) is 24.9. The van der Waals surface area contributed by atoms with E-state index in [2.05, 4.69) is 11.7 Å². The van der Waals surface area contributed by atoms with Gasteiger partial charge in [-0.05, 0) is 103 Å². The van der Waals surface area contributed by atoms with Crippen LogP contribution in [0.5, 0.6) is 11.5 Å². The molecule has 3 atom stereocenters. The van der Waals surface area contributed by atoms with E-state index in [4.69, 9.17) is 21.1 Å². The summed E-state index contributed by atoms with van der Waals surface area (Å²) < 4.78 is 14.3. The van der Waals surface area contributed by atoms with Gasteiger partial charge in [-0.25, -0.2) is 9.59 Å². The van der Waals surface area contributed by atoms with Crippen LogP contribution in [0.4, 0.5) is 5.69 Å². The lowest BCUT2D eigenvalue weighted by Gasteiger charge is -2.33. The fraction of sp³-hybridized carbons (Fsp3) is 0.444. The molecule has 11 heteroatoms. The van der Waals surface area contributed by atoms with Crippen LogP contribution >= 0.6 is 11.6 Å². The first-order valence-electron chi connectivity index (χ1n) is 17.5. The molecule has 1 aliphatic carbocycles. The van der Waals surface area contributed by atoms with E-state index in [1.54, 1.807) is 63.6 Å². The van der Waals surface area contributed by atoms with Gasteiger partial charge in [-0.3, -0.25) is 19.3 Å². The summed E-state index contributed by atoms with van der Waals surface area (Å²) in [6.45, 7) is 6.09. The lowest BCUT2D eigenvalue weighted by atomic mass is 9.70. The van der Waals surface area contributed by atoms with Gasteiger partial charge in [0.2, 0.25) is 11.8 Å². The van der Waals surface area contributed by atoms with Crippen molar-refractivity contribution in [2.24, 2.45) is 23.7 Å². The molecule has 2 fully saturated rings. The molecular weight excluding hydrogens is 734 g/mol. The number of phenols is 1. The summed E-state index contributed by atoms with van der Waals surface area (Å²) in [6, 6.07) is 18.8. The van der Waals surface area contributed by atoms with Crippen molar-refractivity contribution in [1.82, 2.24) is 0 Å². The first-order valence-corrected chi connectivity index (χ1v) is 17.9. The molecule has 1 N–H and O–H groups in total. The molecule has 1 saturated heterocycles. The van der Waals surface area contributed by atoms with E-state index in [1.165, 1.54) is 79.5 Å². The Bertz CT molecular complexity index is 1670. The Morgan fingerprint density at radius 1 is 0.821 bits per heavy atom. The molecule has 3 unspecified atom stereocenters. The minimum atomic E-state index is -0.579. The maximum absolute atomic E-state index is 13.1. The first kappa shape index (κ1) is 53.3. The van der Waals surface area contributed by atoms with Crippen LogP contribution in [0.2, 0.25) is 0 Å². The molecule has 3 aromatic rings. The van der Waals surface area contributed by atoms with Crippen LogP contribution in [0.1, 0.15) is 115 Å². The second-order valence-electron chi connectivity index (χ2n) is 12.6. The van der Waals surface area contributed by atoms with E-state index in [1.807, 2.05) is 6.92 Å². The highest BCUT2D eigenvalue weighted by Gasteiger charge is 2.50. The molecule has 0 radical (unpaired) electrons. The highest BCUT2D eigenvalue weighted by molar-refractivity contribution is 6.67. The number of benzene rings is 3. The van der Waals surface area contributed by atoms with Gasteiger partial charge >= 0.3 is 11.9 Å². The summed E-state index contributed by atoms with van der Waals surface area (Å²) in [5, 5.41) is 8.86. The van der Waals surface area contributed by atoms with Crippen LogP contribution in [0.3, 0.4) is 0 Å². The van der Waals surface area contributed by atoms with Crippen molar-refractivity contribution < 1.29 is 43.3 Å². The summed E-state index contributed by atoms with van der Waals surface area (Å²) in [4.78, 5) is 61.5. The zero-order chi connectivity index (χ0) is 38.2. The Labute approximate surface area is 340 Å². The molecule has 0 spiro atoms. The average molecular weight is 798 g/mol. The number of rotatable bonds is 10. The number of carbonyl (C=O) groups is 5. The maximum atomic E-state index is 13.1. The largest absolute Gasteiger partial charge is 0.508 e. The molecule has 1 aliphatic heterocycles. The smallest absolute Gasteiger partial charge is 0.343 e. The molecule has 56 heavy (non-hydrogen) atoms. The molecule has 2 aliphatic rings. The number of hydrogen-bond acceptors (Lipinski definition) is 9. The van der Waals surface area contributed by atoms with Crippen LogP contribution in [-0.4, -0.2) is 54.9 Å². The number of imide groups is 1. The highest BCUT2D eigenvalue weighted by atomic mass is 35.5. The molecule has 5 rings (SSSR count). The zero-order valence-electron chi connectivity index (χ0n) is 30.4. The lowest BCUT2D eigenvalue weighted by molar-refractivity contribution is -0.137. The number of hydrogen-bond donors (Lipinski definition) is 1. The fourth-order valence-corrected chi connectivity index (χ4v) is 6.71. The third-order valence-electron chi connectivity index (χ3n) is 9.09. The van der Waals surface area contributed by atoms with Crippen LogP contribution in [0, 0.1) is 23.7 Å². The van der Waals surface area contributed by atoms with Gasteiger partial charge in [0.25, 0.3) is 5.24 Å². The summed E-state index contributed by atoms with van der Waals surface area (Å²) in [6.07, 6.45) is 10.00. The molecule has 1 saturated carbocycles. The average Bonchev–Trinajstić information content (AvgIpc) is 3.36. The van der Waals surface area contributed by atoms with Gasteiger partial charge in [0.05, 0.1) is 23.8 Å². The number of ether oxygens (including phenoxy) is 3. The minimum Gasteiger partial charge on any atom is -0.508 e. The van der Waals surface area contributed by atoms with Crippen LogP contribution in [0.25, 0.3) is 6.08 Å². The SMILES string of the molecule is C.C.C.C.CCC(C1CCCCC1)C1C(=O)N(c2ccc(O)cc2)C(=O)C1C.CCOC(=O)/C=C/c1ccc(C(=O)Oc2ccc(C(=O)Cl)cc2)cc1.COC. The number of esters is 2. The van der Waals surface area contributed by atoms with Gasteiger partial charge in [-0.2, -0.15) is 0 Å². The van der Waals surface area contributed by atoms with E-state index in [0.29, 0.717) is 41.0 Å². The van der Waals surface area contributed by atoms with Crippen molar-refractivity contribution in [2.75, 3.05) is 25.7 Å². The topological polar surface area (TPSA) is 137 Å². The Morgan fingerprint density at radius 3 is 1.86 bits per heavy atom. The molecule has 2 amide bonds. The second-order valence-corrected chi connectivity index (χ2v) is 13.0. The summed E-state index contributed by atoms with van der Waals surface area (Å²) >= 11 is 5.35. The van der Waals surface area contributed by atoms with Gasteiger partial charge in [-0.1, -0.05) is 94.2 Å². The van der Waals surface area contributed by atoms with Crippen molar-refractivity contribution in [1.29, 1.82) is 0 Å². The third kappa shape index (κ3) is 15.0. The fourth-order valence-electron chi connectivity index (χ4n) is 6.59. The number of anilines is 1. The van der Waals surface area contributed by atoms with E-state index < -0.39 is 17.2 Å². The number of methoxy groups -OCH3 is 1. The normalized spacial score (nSPS) is 16.5. The minimum absolute atomic E-state index is 0. The van der Waals surface area contributed by atoms with Gasteiger partial charge in [-0.15, -0.1) is 0 Å². The molecule has 10 nitrogen and oxygen atoms in total. The van der Waals surface area contributed by atoms with Crippen molar-refractivity contribution in [3.63, 3.8) is 0 Å². The Morgan fingerprint density at radius 2 is 1.36 bits per heavy atom. The van der Waals surface area contributed by atoms with E-state index in [9.17, 15) is 29.1 Å². The predicted molar refractivity (Wildman–Crippen MR) is 227 cm³/mol. The predicted octanol–water partition coefficient (Wildman–Crippen LogP) is 10.8. The summed E-state index contributed by atoms with van der Waals surface area (Å²) in [7, 11) is 3.25. The van der Waals surface area contributed by atoms with E-state index in [0.717, 1.165) is 12.0 Å². The van der Waals surface area contributed by atoms with Crippen LogP contribution in [-0.2, 0) is 23.9 Å². The van der Waals surface area contributed by atoms with Crippen LogP contribution in [0.15, 0.2) is 78.9 Å².